The summed E-state index contributed by atoms with van der Waals surface area (Å²) in [6.07, 6.45) is 0. The van der Waals surface area contributed by atoms with Gasteiger partial charge in [0.15, 0.2) is 5.76 Å². The molecule has 0 aromatic carbocycles. The van der Waals surface area contributed by atoms with E-state index in [1.807, 2.05) is 6.07 Å². The van der Waals surface area contributed by atoms with E-state index in [4.69, 9.17) is 4.52 Å². The Morgan fingerprint density at radius 1 is 1.28 bits per heavy atom. The van der Waals surface area contributed by atoms with E-state index in [1.165, 1.54) is 0 Å². The molecule has 0 radical (unpaired) electrons. The van der Waals surface area contributed by atoms with Gasteiger partial charge < -0.3 is 9.84 Å². The Hall–Kier alpha value is -0.870. The third kappa shape index (κ3) is 6.17. The van der Waals surface area contributed by atoms with Gasteiger partial charge in [-0.3, -0.25) is 4.90 Å². The molecule has 1 N–H and O–H groups in total. The third-order valence-electron chi connectivity index (χ3n) is 2.57. The molecule has 1 heterocycles. The lowest BCUT2D eigenvalue weighted by molar-refractivity contribution is 0.249. The van der Waals surface area contributed by atoms with Gasteiger partial charge in [0, 0.05) is 19.2 Å². The molecule has 0 atom stereocenters. The van der Waals surface area contributed by atoms with Gasteiger partial charge in [0.05, 0.1) is 12.2 Å². The van der Waals surface area contributed by atoms with Gasteiger partial charge in [-0.25, -0.2) is 0 Å². The van der Waals surface area contributed by atoms with Crippen molar-refractivity contribution < 1.29 is 4.52 Å². The van der Waals surface area contributed by atoms with Crippen LogP contribution in [0.1, 0.15) is 39.1 Å². The summed E-state index contributed by atoms with van der Waals surface area (Å²) >= 11 is 0. The Bertz CT molecular complexity index is 334. The Morgan fingerprint density at radius 3 is 2.61 bits per heavy atom. The fourth-order valence-corrected chi connectivity index (χ4v) is 1.96. The molecule has 1 rings (SSSR count). The van der Waals surface area contributed by atoms with Gasteiger partial charge >= 0.3 is 0 Å². The first-order valence-electron chi connectivity index (χ1n) is 6.81. The van der Waals surface area contributed by atoms with Crippen molar-refractivity contribution in [3.63, 3.8) is 0 Å². The Balaban J connectivity index is 2.33. The number of rotatable bonds is 8. The minimum atomic E-state index is 0.661. The Labute approximate surface area is 111 Å². The average Bonchev–Trinajstić information content (AvgIpc) is 2.63. The molecule has 0 bridgehead atoms. The lowest BCUT2D eigenvalue weighted by Gasteiger charge is -2.16. The summed E-state index contributed by atoms with van der Waals surface area (Å²) in [7, 11) is 2.11. The monoisotopic (exact) mass is 253 g/mol. The maximum absolute atomic E-state index is 5.34. The molecule has 0 spiro atoms. The number of nitrogens with one attached hydrogen (secondary N) is 1. The fraction of sp³-hybridized carbons (Fsp3) is 0.786. The van der Waals surface area contributed by atoms with E-state index in [1.54, 1.807) is 0 Å². The first kappa shape index (κ1) is 15.2. The van der Waals surface area contributed by atoms with Crippen LogP contribution in [-0.4, -0.2) is 30.2 Å². The highest BCUT2D eigenvalue weighted by molar-refractivity contribution is 5.05. The molecule has 0 aliphatic heterocycles. The van der Waals surface area contributed by atoms with E-state index in [2.05, 4.69) is 50.1 Å². The SMILES string of the molecule is CC(C)CNCc1cc(CN(C)CC(C)C)on1. The summed E-state index contributed by atoms with van der Waals surface area (Å²) in [5.74, 6) is 2.28. The second-order valence-corrected chi connectivity index (χ2v) is 5.90. The van der Waals surface area contributed by atoms with Gasteiger partial charge in [-0.15, -0.1) is 0 Å². The van der Waals surface area contributed by atoms with Crippen molar-refractivity contribution in [3.05, 3.63) is 17.5 Å². The lowest BCUT2D eigenvalue weighted by Crippen LogP contribution is -2.22. The van der Waals surface area contributed by atoms with Crippen molar-refractivity contribution >= 4 is 0 Å². The molecular weight excluding hydrogens is 226 g/mol. The van der Waals surface area contributed by atoms with E-state index in [-0.39, 0.29) is 0 Å². The summed E-state index contributed by atoms with van der Waals surface area (Å²) in [5, 5.41) is 7.44. The van der Waals surface area contributed by atoms with Gasteiger partial charge in [0.25, 0.3) is 0 Å². The molecule has 0 aliphatic carbocycles. The van der Waals surface area contributed by atoms with Crippen LogP contribution in [0.2, 0.25) is 0 Å². The minimum absolute atomic E-state index is 0.661. The molecular formula is C14H27N3O. The van der Waals surface area contributed by atoms with Gasteiger partial charge in [0.1, 0.15) is 0 Å². The number of aromatic nitrogens is 1. The predicted molar refractivity (Wildman–Crippen MR) is 74.2 cm³/mol. The van der Waals surface area contributed by atoms with Crippen molar-refractivity contribution in [3.8, 4) is 0 Å². The van der Waals surface area contributed by atoms with Crippen LogP contribution in [0.15, 0.2) is 10.6 Å². The van der Waals surface area contributed by atoms with Crippen LogP contribution in [0.25, 0.3) is 0 Å². The van der Waals surface area contributed by atoms with Crippen LogP contribution in [0, 0.1) is 11.8 Å². The highest BCUT2D eigenvalue weighted by Crippen LogP contribution is 2.08. The summed E-state index contributed by atoms with van der Waals surface area (Å²) in [6, 6.07) is 2.05. The summed E-state index contributed by atoms with van der Waals surface area (Å²) < 4.78 is 5.34. The number of nitrogens with zero attached hydrogens (tertiary/aromatic N) is 2. The highest BCUT2D eigenvalue weighted by Gasteiger charge is 2.08. The largest absolute Gasteiger partial charge is 0.360 e. The Morgan fingerprint density at radius 2 is 2.00 bits per heavy atom. The van der Waals surface area contributed by atoms with Crippen molar-refractivity contribution in [2.45, 2.75) is 40.8 Å². The molecule has 1 aromatic rings. The zero-order valence-electron chi connectivity index (χ0n) is 12.4. The van der Waals surface area contributed by atoms with E-state index in [9.17, 15) is 0 Å². The lowest BCUT2D eigenvalue weighted by atomic mass is 10.2. The number of hydrogen-bond donors (Lipinski definition) is 1. The molecule has 4 heteroatoms. The molecule has 0 saturated carbocycles. The smallest absolute Gasteiger partial charge is 0.151 e. The average molecular weight is 253 g/mol. The van der Waals surface area contributed by atoms with E-state index in [0.717, 1.165) is 37.6 Å². The molecule has 0 amide bonds. The minimum Gasteiger partial charge on any atom is -0.360 e. The highest BCUT2D eigenvalue weighted by atomic mass is 16.5. The molecule has 4 nitrogen and oxygen atoms in total. The van der Waals surface area contributed by atoms with Gasteiger partial charge in [-0.05, 0) is 25.4 Å². The van der Waals surface area contributed by atoms with Gasteiger partial charge in [-0.1, -0.05) is 32.9 Å². The predicted octanol–water partition coefficient (Wildman–Crippen LogP) is 2.51. The van der Waals surface area contributed by atoms with Crippen LogP contribution < -0.4 is 5.32 Å². The van der Waals surface area contributed by atoms with Crippen LogP contribution >= 0.6 is 0 Å². The maximum atomic E-state index is 5.34. The maximum Gasteiger partial charge on any atom is 0.151 e. The summed E-state index contributed by atoms with van der Waals surface area (Å²) in [6.45, 7) is 12.5. The van der Waals surface area contributed by atoms with Crippen molar-refractivity contribution in [2.75, 3.05) is 20.1 Å². The Kier molecular flexibility index (Phi) is 6.36. The first-order valence-corrected chi connectivity index (χ1v) is 6.81. The summed E-state index contributed by atoms with van der Waals surface area (Å²) in [5.41, 5.74) is 0.989. The molecule has 0 fully saturated rings. The van der Waals surface area contributed by atoms with Crippen molar-refractivity contribution in [2.24, 2.45) is 11.8 Å². The first-order chi connectivity index (χ1) is 8.47. The molecule has 104 valence electrons. The van der Waals surface area contributed by atoms with E-state index < -0.39 is 0 Å². The third-order valence-corrected chi connectivity index (χ3v) is 2.57. The molecule has 0 saturated heterocycles. The quantitative estimate of drug-likeness (QED) is 0.773. The second-order valence-electron chi connectivity index (χ2n) is 5.90. The van der Waals surface area contributed by atoms with Crippen LogP contribution in [-0.2, 0) is 13.1 Å². The molecule has 1 aromatic heterocycles. The van der Waals surface area contributed by atoms with Crippen LogP contribution in [0.5, 0.6) is 0 Å². The van der Waals surface area contributed by atoms with Crippen LogP contribution in [0.3, 0.4) is 0 Å². The van der Waals surface area contributed by atoms with Gasteiger partial charge in [-0.2, -0.15) is 0 Å². The van der Waals surface area contributed by atoms with Crippen LogP contribution in [0.4, 0.5) is 0 Å². The molecule has 18 heavy (non-hydrogen) atoms. The second kappa shape index (κ2) is 7.54. The topological polar surface area (TPSA) is 41.3 Å². The van der Waals surface area contributed by atoms with Gasteiger partial charge in [0.2, 0.25) is 0 Å². The standard InChI is InChI=1S/C14H27N3O/c1-11(2)7-15-8-13-6-14(18-16-13)10-17(5)9-12(3)4/h6,11-12,15H,7-10H2,1-5H3. The fourth-order valence-electron chi connectivity index (χ4n) is 1.96. The normalized spacial score (nSPS) is 12.0. The number of hydrogen-bond acceptors (Lipinski definition) is 4. The zero-order valence-corrected chi connectivity index (χ0v) is 12.4. The van der Waals surface area contributed by atoms with E-state index in [0.29, 0.717) is 11.8 Å². The molecule has 0 aliphatic rings. The zero-order chi connectivity index (χ0) is 13.5. The molecule has 0 unspecified atom stereocenters. The van der Waals surface area contributed by atoms with Crippen molar-refractivity contribution in [1.82, 2.24) is 15.4 Å². The van der Waals surface area contributed by atoms with E-state index >= 15 is 0 Å². The summed E-state index contributed by atoms with van der Waals surface area (Å²) in [4.78, 5) is 2.26. The van der Waals surface area contributed by atoms with Crippen molar-refractivity contribution in [1.29, 1.82) is 0 Å².